The van der Waals surface area contributed by atoms with Crippen LogP contribution in [0.25, 0.3) is 11.4 Å². The van der Waals surface area contributed by atoms with Gasteiger partial charge in [0.1, 0.15) is 0 Å². The summed E-state index contributed by atoms with van der Waals surface area (Å²) in [5.41, 5.74) is 2.11. The standard InChI is InChI=1S/C18H20ClN5OS.HI/c1-20-18(24(2)11-13-7-9-26-12-13)21-8-6-16-22-17(23-25-16)14-4-3-5-15(19)10-14;/h3-5,7,9-10,12H,6,8,11H2,1-2H3,(H,20,21);1H. The van der Waals surface area contributed by atoms with Crippen molar-refractivity contribution < 1.29 is 4.52 Å². The number of guanidine groups is 1. The van der Waals surface area contributed by atoms with Crippen molar-refractivity contribution in [2.24, 2.45) is 4.99 Å². The smallest absolute Gasteiger partial charge is 0.228 e. The van der Waals surface area contributed by atoms with Crippen LogP contribution in [0.3, 0.4) is 0 Å². The van der Waals surface area contributed by atoms with Gasteiger partial charge in [-0.15, -0.1) is 24.0 Å². The van der Waals surface area contributed by atoms with Gasteiger partial charge in [0, 0.05) is 44.2 Å². The van der Waals surface area contributed by atoms with E-state index in [0.717, 1.165) is 18.1 Å². The summed E-state index contributed by atoms with van der Waals surface area (Å²) in [4.78, 5) is 10.8. The number of nitrogens with one attached hydrogen (secondary N) is 1. The zero-order chi connectivity index (χ0) is 18.4. The van der Waals surface area contributed by atoms with Crippen molar-refractivity contribution >= 4 is 52.9 Å². The van der Waals surface area contributed by atoms with E-state index in [9.17, 15) is 0 Å². The number of halogens is 2. The molecule has 0 amide bonds. The van der Waals surface area contributed by atoms with Gasteiger partial charge in [0.15, 0.2) is 5.96 Å². The third kappa shape index (κ3) is 6.18. The van der Waals surface area contributed by atoms with E-state index in [1.54, 1.807) is 18.4 Å². The molecule has 0 aliphatic heterocycles. The highest BCUT2D eigenvalue weighted by Crippen LogP contribution is 2.19. The van der Waals surface area contributed by atoms with E-state index in [1.807, 2.05) is 31.3 Å². The molecule has 2 aromatic heterocycles. The quantitative estimate of drug-likeness (QED) is 0.300. The van der Waals surface area contributed by atoms with E-state index in [1.165, 1.54) is 5.56 Å². The van der Waals surface area contributed by atoms with Gasteiger partial charge >= 0.3 is 0 Å². The number of hydrogen-bond donors (Lipinski definition) is 1. The zero-order valence-electron chi connectivity index (χ0n) is 15.1. The fraction of sp³-hybridized carbons (Fsp3) is 0.278. The van der Waals surface area contributed by atoms with Crippen molar-refractivity contribution in [3.05, 3.63) is 57.6 Å². The van der Waals surface area contributed by atoms with Gasteiger partial charge < -0.3 is 14.7 Å². The third-order valence-electron chi connectivity index (χ3n) is 3.75. The highest BCUT2D eigenvalue weighted by Gasteiger charge is 2.10. The Morgan fingerprint density at radius 2 is 2.22 bits per heavy atom. The second-order valence-corrected chi connectivity index (χ2v) is 6.95. The average Bonchev–Trinajstić information content (AvgIpc) is 3.30. The Bertz CT molecular complexity index is 868. The van der Waals surface area contributed by atoms with Crippen molar-refractivity contribution in [2.45, 2.75) is 13.0 Å². The molecule has 1 aromatic carbocycles. The lowest BCUT2D eigenvalue weighted by Crippen LogP contribution is -2.39. The molecule has 3 aromatic rings. The molecule has 0 atom stereocenters. The lowest BCUT2D eigenvalue weighted by molar-refractivity contribution is 0.377. The summed E-state index contributed by atoms with van der Waals surface area (Å²) in [7, 11) is 3.79. The van der Waals surface area contributed by atoms with Crippen LogP contribution in [0.2, 0.25) is 5.02 Å². The largest absolute Gasteiger partial charge is 0.356 e. The summed E-state index contributed by atoms with van der Waals surface area (Å²) in [6, 6.07) is 9.51. The first-order chi connectivity index (χ1) is 12.7. The maximum absolute atomic E-state index is 6.00. The Hall–Kier alpha value is -1.65. The number of rotatable bonds is 6. The lowest BCUT2D eigenvalue weighted by Gasteiger charge is -2.21. The van der Waals surface area contributed by atoms with E-state index in [0.29, 0.717) is 29.7 Å². The van der Waals surface area contributed by atoms with E-state index in [2.05, 4.69) is 42.2 Å². The van der Waals surface area contributed by atoms with Crippen molar-refractivity contribution in [3.8, 4) is 11.4 Å². The van der Waals surface area contributed by atoms with Crippen molar-refractivity contribution in [1.29, 1.82) is 0 Å². The van der Waals surface area contributed by atoms with Gasteiger partial charge in [-0.05, 0) is 34.5 Å². The van der Waals surface area contributed by atoms with Crippen molar-refractivity contribution in [3.63, 3.8) is 0 Å². The summed E-state index contributed by atoms with van der Waals surface area (Å²) in [6.45, 7) is 1.46. The minimum Gasteiger partial charge on any atom is -0.356 e. The molecule has 1 N–H and O–H groups in total. The van der Waals surface area contributed by atoms with Crippen molar-refractivity contribution in [1.82, 2.24) is 20.4 Å². The molecule has 0 fully saturated rings. The SMILES string of the molecule is CN=C(NCCc1nc(-c2cccc(Cl)c2)no1)N(C)Cc1ccsc1.I. The molecule has 0 radical (unpaired) electrons. The molecular weight excluding hydrogens is 497 g/mol. The first-order valence-electron chi connectivity index (χ1n) is 8.17. The van der Waals surface area contributed by atoms with Crippen LogP contribution in [-0.4, -0.2) is 41.6 Å². The molecule has 0 aliphatic rings. The molecule has 3 rings (SSSR count). The summed E-state index contributed by atoms with van der Waals surface area (Å²) in [5.74, 6) is 1.94. The van der Waals surface area contributed by atoms with Crippen LogP contribution in [0.1, 0.15) is 11.5 Å². The molecule has 144 valence electrons. The average molecular weight is 518 g/mol. The highest BCUT2D eigenvalue weighted by molar-refractivity contribution is 14.0. The molecule has 27 heavy (non-hydrogen) atoms. The van der Waals surface area contributed by atoms with Crippen LogP contribution in [0.4, 0.5) is 0 Å². The molecule has 6 nitrogen and oxygen atoms in total. The Morgan fingerprint density at radius 1 is 1.37 bits per heavy atom. The molecule has 0 saturated heterocycles. The Kier molecular flexibility index (Phi) is 8.52. The third-order valence-corrected chi connectivity index (χ3v) is 4.71. The van der Waals surface area contributed by atoms with E-state index in [-0.39, 0.29) is 24.0 Å². The summed E-state index contributed by atoms with van der Waals surface area (Å²) in [5, 5.41) is 12.2. The number of hydrogen-bond acceptors (Lipinski definition) is 5. The minimum absolute atomic E-state index is 0. The highest BCUT2D eigenvalue weighted by atomic mass is 127. The molecule has 2 heterocycles. The fourth-order valence-corrected chi connectivity index (χ4v) is 3.35. The van der Waals surface area contributed by atoms with E-state index in [4.69, 9.17) is 16.1 Å². The number of aliphatic imine (C=N–C) groups is 1. The van der Waals surface area contributed by atoms with Crippen LogP contribution >= 0.6 is 46.9 Å². The van der Waals surface area contributed by atoms with Crippen molar-refractivity contribution in [2.75, 3.05) is 20.6 Å². The van der Waals surface area contributed by atoms with Crippen LogP contribution in [-0.2, 0) is 13.0 Å². The Morgan fingerprint density at radius 3 is 2.93 bits per heavy atom. The van der Waals surface area contributed by atoms with Gasteiger partial charge in [0.25, 0.3) is 0 Å². The van der Waals surface area contributed by atoms with Gasteiger partial charge in [-0.25, -0.2) is 0 Å². The normalized spacial score (nSPS) is 11.1. The van der Waals surface area contributed by atoms with Crippen LogP contribution < -0.4 is 5.32 Å². The fourth-order valence-electron chi connectivity index (χ4n) is 2.50. The lowest BCUT2D eigenvalue weighted by atomic mass is 10.2. The van der Waals surface area contributed by atoms with Gasteiger partial charge in [0.2, 0.25) is 11.7 Å². The number of thiophene rings is 1. The Labute approximate surface area is 184 Å². The molecule has 0 unspecified atom stereocenters. The van der Waals surface area contributed by atoms with Gasteiger partial charge in [0.05, 0.1) is 0 Å². The predicted octanol–water partition coefficient (Wildman–Crippen LogP) is 4.32. The second kappa shape index (κ2) is 10.6. The molecule has 0 aliphatic carbocycles. The monoisotopic (exact) mass is 517 g/mol. The molecule has 9 heteroatoms. The Balaban J connectivity index is 0.00000261. The van der Waals surface area contributed by atoms with Crippen LogP contribution in [0.15, 0.2) is 50.6 Å². The summed E-state index contributed by atoms with van der Waals surface area (Å²) >= 11 is 7.70. The molecule has 0 spiro atoms. The number of benzene rings is 1. The maximum Gasteiger partial charge on any atom is 0.228 e. The van der Waals surface area contributed by atoms with E-state index < -0.39 is 0 Å². The molecule has 0 saturated carbocycles. The maximum atomic E-state index is 6.00. The van der Waals surface area contributed by atoms with Gasteiger partial charge in [-0.1, -0.05) is 28.9 Å². The number of aromatic nitrogens is 2. The van der Waals surface area contributed by atoms with Crippen LogP contribution in [0.5, 0.6) is 0 Å². The number of nitrogens with zero attached hydrogens (tertiary/aromatic N) is 4. The van der Waals surface area contributed by atoms with Gasteiger partial charge in [-0.2, -0.15) is 16.3 Å². The topological polar surface area (TPSA) is 66.5 Å². The molecule has 0 bridgehead atoms. The first-order valence-corrected chi connectivity index (χ1v) is 9.49. The second-order valence-electron chi connectivity index (χ2n) is 5.73. The summed E-state index contributed by atoms with van der Waals surface area (Å²) < 4.78 is 5.32. The zero-order valence-corrected chi connectivity index (χ0v) is 19.0. The minimum atomic E-state index is 0. The predicted molar refractivity (Wildman–Crippen MR) is 121 cm³/mol. The van der Waals surface area contributed by atoms with E-state index >= 15 is 0 Å². The first kappa shape index (κ1) is 21.6. The summed E-state index contributed by atoms with van der Waals surface area (Å²) in [6.07, 6.45) is 0.610. The van der Waals surface area contributed by atoms with Crippen LogP contribution in [0, 0.1) is 0 Å². The van der Waals surface area contributed by atoms with Gasteiger partial charge in [-0.3, -0.25) is 4.99 Å². The molecular formula is C18H21ClIN5OS.